The molecular formula is C8H15FN2O. The van der Waals surface area contributed by atoms with E-state index in [9.17, 15) is 9.18 Å². The molecule has 0 aliphatic carbocycles. The van der Waals surface area contributed by atoms with Gasteiger partial charge in [0.25, 0.3) is 0 Å². The number of likely N-dealkylation sites (tertiary alicyclic amines) is 1. The van der Waals surface area contributed by atoms with Crippen molar-refractivity contribution in [3.8, 4) is 0 Å². The van der Waals surface area contributed by atoms with Crippen molar-refractivity contribution in [3.05, 3.63) is 0 Å². The number of halogens is 1. The predicted molar refractivity (Wildman–Crippen MR) is 44.4 cm³/mol. The van der Waals surface area contributed by atoms with Gasteiger partial charge < -0.3 is 10.6 Å². The van der Waals surface area contributed by atoms with Crippen molar-refractivity contribution < 1.29 is 9.18 Å². The van der Waals surface area contributed by atoms with Crippen molar-refractivity contribution in [1.29, 1.82) is 0 Å². The first-order valence-corrected chi connectivity index (χ1v) is 4.29. The van der Waals surface area contributed by atoms with E-state index in [-0.39, 0.29) is 12.5 Å². The maximum absolute atomic E-state index is 12.8. The number of rotatable bonds is 1. The Morgan fingerprint density at radius 2 is 2.42 bits per heavy atom. The van der Waals surface area contributed by atoms with Crippen LogP contribution in [0.1, 0.15) is 19.8 Å². The van der Waals surface area contributed by atoms with Gasteiger partial charge >= 0.3 is 0 Å². The lowest BCUT2D eigenvalue weighted by Gasteiger charge is -2.30. The predicted octanol–water partition coefficient (Wildman–Crippen LogP) is 0.294. The van der Waals surface area contributed by atoms with E-state index >= 15 is 0 Å². The van der Waals surface area contributed by atoms with Crippen LogP contribution in [0.4, 0.5) is 4.39 Å². The maximum atomic E-state index is 12.8. The topological polar surface area (TPSA) is 46.3 Å². The van der Waals surface area contributed by atoms with Gasteiger partial charge in [0.15, 0.2) is 0 Å². The van der Waals surface area contributed by atoms with Crippen molar-refractivity contribution in [2.75, 3.05) is 13.1 Å². The van der Waals surface area contributed by atoms with E-state index in [1.165, 1.54) is 4.90 Å². The first-order valence-electron chi connectivity index (χ1n) is 4.29. The number of nitrogens with two attached hydrogens (primary N) is 1. The normalized spacial score (nSPS) is 26.9. The molecule has 1 saturated heterocycles. The number of carbonyl (C=O) groups excluding carboxylic acids is 1. The Bertz CT molecular complexity index is 172. The minimum Gasteiger partial charge on any atom is -0.338 e. The highest BCUT2D eigenvalue weighted by molar-refractivity contribution is 5.81. The molecule has 1 aliphatic heterocycles. The monoisotopic (exact) mass is 174 g/mol. The number of amides is 1. The molecule has 1 amide bonds. The van der Waals surface area contributed by atoms with Gasteiger partial charge in [0, 0.05) is 6.54 Å². The summed E-state index contributed by atoms with van der Waals surface area (Å²) >= 11 is 0. The third kappa shape index (κ3) is 2.17. The maximum Gasteiger partial charge on any atom is 0.239 e. The third-order valence-corrected chi connectivity index (χ3v) is 2.07. The molecule has 0 aromatic rings. The summed E-state index contributed by atoms with van der Waals surface area (Å²) in [5.41, 5.74) is 5.40. The third-order valence-electron chi connectivity index (χ3n) is 2.07. The molecule has 12 heavy (non-hydrogen) atoms. The van der Waals surface area contributed by atoms with Crippen LogP contribution in [0.3, 0.4) is 0 Å². The van der Waals surface area contributed by atoms with Gasteiger partial charge in [-0.05, 0) is 19.8 Å². The van der Waals surface area contributed by atoms with Gasteiger partial charge in [0.1, 0.15) is 6.17 Å². The molecule has 3 nitrogen and oxygen atoms in total. The van der Waals surface area contributed by atoms with Crippen LogP contribution in [0.5, 0.6) is 0 Å². The van der Waals surface area contributed by atoms with E-state index in [4.69, 9.17) is 5.73 Å². The van der Waals surface area contributed by atoms with Crippen LogP contribution in [0.2, 0.25) is 0 Å². The van der Waals surface area contributed by atoms with Gasteiger partial charge in [-0.25, -0.2) is 4.39 Å². The second-order valence-corrected chi connectivity index (χ2v) is 3.31. The molecule has 70 valence electrons. The zero-order valence-corrected chi connectivity index (χ0v) is 7.29. The molecule has 4 heteroatoms. The van der Waals surface area contributed by atoms with Crippen molar-refractivity contribution >= 4 is 5.91 Å². The number of nitrogens with zero attached hydrogens (tertiary/aromatic N) is 1. The van der Waals surface area contributed by atoms with Crippen LogP contribution >= 0.6 is 0 Å². The highest BCUT2D eigenvalue weighted by Gasteiger charge is 2.24. The molecule has 2 atom stereocenters. The molecule has 0 saturated carbocycles. The highest BCUT2D eigenvalue weighted by Crippen LogP contribution is 2.13. The molecule has 1 rings (SSSR count). The summed E-state index contributed by atoms with van der Waals surface area (Å²) < 4.78 is 12.8. The van der Waals surface area contributed by atoms with Crippen molar-refractivity contribution in [2.45, 2.75) is 32.0 Å². The van der Waals surface area contributed by atoms with E-state index in [2.05, 4.69) is 0 Å². The Morgan fingerprint density at radius 1 is 1.75 bits per heavy atom. The van der Waals surface area contributed by atoms with Gasteiger partial charge in [0.05, 0.1) is 12.6 Å². The Labute approximate surface area is 71.7 Å². The minimum absolute atomic E-state index is 0.141. The number of hydrogen-bond donors (Lipinski definition) is 1. The lowest BCUT2D eigenvalue weighted by molar-refractivity contribution is -0.134. The fraction of sp³-hybridized carbons (Fsp3) is 0.875. The highest BCUT2D eigenvalue weighted by atomic mass is 19.1. The van der Waals surface area contributed by atoms with Gasteiger partial charge in [-0.15, -0.1) is 0 Å². The van der Waals surface area contributed by atoms with Gasteiger partial charge in [0.2, 0.25) is 5.91 Å². The fourth-order valence-electron chi connectivity index (χ4n) is 1.41. The molecule has 0 radical (unpaired) electrons. The van der Waals surface area contributed by atoms with E-state index < -0.39 is 12.2 Å². The number of piperidine rings is 1. The standard InChI is InChI=1S/C8H15FN2O/c1-6(10)8(12)11-4-2-3-7(9)5-11/h6-7H,2-5,10H2,1H3. The summed E-state index contributed by atoms with van der Waals surface area (Å²) in [6.07, 6.45) is 0.462. The lowest BCUT2D eigenvalue weighted by atomic mass is 10.1. The van der Waals surface area contributed by atoms with Crippen LogP contribution < -0.4 is 5.73 Å². The summed E-state index contributed by atoms with van der Waals surface area (Å²) in [7, 11) is 0. The zero-order valence-electron chi connectivity index (χ0n) is 7.29. The molecule has 0 aromatic heterocycles. The van der Waals surface area contributed by atoms with Crippen LogP contribution in [0.15, 0.2) is 0 Å². The molecule has 0 aromatic carbocycles. The zero-order chi connectivity index (χ0) is 9.14. The van der Waals surface area contributed by atoms with E-state index in [1.807, 2.05) is 0 Å². The molecule has 2 unspecified atom stereocenters. The van der Waals surface area contributed by atoms with Crippen molar-refractivity contribution in [2.24, 2.45) is 5.73 Å². The summed E-state index contributed by atoms with van der Waals surface area (Å²) in [4.78, 5) is 12.8. The van der Waals surface area contributed by atoms with E-state index in [1.54, 1.807) is 6.92 Å². The molecule has 2 N–H and O–H groups in total. The summed E-state index contributed by atoms with van der Waals surface area (Å²) in [6, 6.07) is -0.504. The molecule has 1 fully saturated rings. The Kier molecular flexibility index (Phi) is 3.03. The van der Waals surface area contributed by atoms with Crippen LogP contribution in [0, 0.1) is 0 Å². The van der Waals surface area contributed by atoms with Gasteiger partial charge in [-0.2, -0.15) is 0 Å². The number of alkyl halides is 1. The minimum atomic E-state index is -0.860. The SMILES string of the molecule is CC(N)C(=O)N1CCCC(F)C1. The van der Waals surface area contributed by atoms with Gasteiger partial charge in [-0.1, -0.05) is 0 Å². The Morgan fingerprint density at radius 3 is 2.92 bits per heavy atom. The van der Waals surface area contributed by atoms with Gasteiger partial charge in [-0.3, -0.25) is 4.79 Å². The average molecular weight is 174 g/mol. The fourth-order valence-corrected chi connectivity index (χ4v) is 1.41. The summed E-state index contributed by atoms with van der Waals surface area (Å²) in [5.74, 6) is -0.141. The second-order valence-electron chi connectivity index (χ2n) is 3.31. The summed E-state index contributed by atoms with van der Waals surface area (Å²) in [6.45, 7) is 2.51. The molecule has 1 aliphatic rings. The quantitative estimate of drug-likeness (QED) is 0.621. The Hall–Kier alpha value is -0.640. The Balaban J connectivity index is 2.46. The van der Waals surface area contributed by atoms with E-state index in [0.717, 1.165) is 6.42 Å². The van der Waals surface area contributed by atoms with E-state index in [0.29, 0.717) is 13.0 Å². The number of carbonyl (C=O) groups is 1. The smallest absolute Gasteiger partial charge is 0.239 e. The van der Waals surface area contributed by atoms with Crippen molar-refractivity contribution in [1.82, 2.24) is 4.90 Å². The molecular weight excluding hydrogens is 159 g/mol. The van der Waals surface area contributed by atoms with Crippen LogP contribution in [0.25, 0.3) is 0 Å². The number of hydrogen-bond acceptors (Lipinski definition) is 2. The first-order chi connectivity index (χ1) is 5.61. The van der Waals surface area contributed by atoms with Crippen molar-refractivity contribution in [3.63, 3.8) is 0 Å². The first kappa shape index (κ1) is 9.45. The average Bonchev–Trinajstić information content (AvgIpc) is 2.03. The van der Waals surface area contributed by atoms with Crippen LogP contribution in [-0.2, 0) is 4.79 Å². The lowest BCUT2D eigenvalue weighted by Crippen LogP contribution is -2.47. The molecule has 0 bridgehead atoms. The second kappa shape index (κ2) is 3.85. The molecule has 0 spiro atoms. The van der Waals surface area contributed by atoms with Crippen LogP contribution in [-0.4, -0.2) is 36.1 Å². The summed E-state index contributed by atoms with van der Waals surface area (Å²) in [5, 5.41) is 0. The largest absolute Gasteiger partial charge is 0.338 e. The molecule has 1 heterocycles.